The zero-order valence-corrected chi connectivity index (χ0v) is 14.9. The highest BCUT2D eigenvalue weighted by atomic mass is 32.2. The number of sulfonamides is 1. The number of anilines is 2. The lowest BCUT2D eigenvalue weighted by atomic mass is 10.2. The fourth-order valence-electron chi connectivity index (χ4n) is 2.33. The highest BCUT2D eigenvalue weighted by molar-refractivity contribution is 7.92. The minimum Gasteiger partial charge on any atom is -0.383 e. The van der Waals surface area contributed by atoms with Crippen LogP contribution >= 0.6 is 0 Å². The Labute approximate surface area is 139 Å². The van der Waals surface area contributed by atoms with Crippen LogP contribution in [0, 0.1) is 13.8 Å². The van der Waals surface area contributed by atoms with E-state index in [9.17, 15) is 8.42 Å². The highest BCUT2D eigenvalue weighted by Crippen LogP contribution is 2.21. The largest absolute Gasteiger partial charge is 0.383 e. The summed E-state index contributed by atoms with van der Waals surface area (Å²) in [5.74, 6) is 0. The standard InChI is InChI=1S/C18H24N2O2S/c1-5-15(4)19-16-7-9-17(10-8-16)20-23(21,22)18-11-6-13(2)12-14(18)3/h6-12,15,19-20H,5H2,1-4H3. The first-order valence-electron chi connectivity index (χ1n) is 7.78. The lowest BCUT2D eigenvalue weighted by Crippen LogP contribution is -2.15. The fourth-order valence-corrected chi connectivity index (χ4v) is 3.62. The summed E-state index contributed by atoms with van der Waals surface area (Å²) in [6.07, 6.45) is 1.03. The van der Waals surface area contributed by atoms with E-state index in [4.69, 9.17) is 0 Å². The van der Waals surface area contributed by atoms with Crippen molar-refractivity contribution in [1.29, 1.82) is 0 Å². The van der Waals surface area contributed by atoms with Crippen molar-refractivity contribution in [3.63, 3.8) is 0 Å². The Hall–Kier alpha value is -2.01. The smallest absolute Gasteiger partial charge is 0.262 e. The molecule has 0 bridgehead atoms. The van der Waals surface area contributed by atoms with Gasteiger partial charge in [-0.15, -0.1) is 0 Å². The van der Waals surface area contributed by atoms with Crippen molar-refractivity contribution in [3.05, 3.63) is 53.6 Å². The molecule has 5 heteroatoms. The molecule has 0 aliphatic heterocycles. The van der Waals surface area contributed by atoms with Gasteiger partial charge in [-0.1, -0.05) is 24.6 Å². The van der Waals surface area contributed by atoms with E-state index in [1.807, 2.05) is 25.1 Å². The van der Waals surface area contributed by atoms with Gasteiger partial charge in [0.05, 0.1) is 4.90 Å². The number of hydrogen-bond donors (Lipinski definition) is 2. The van der Waals surface area contributed by atoms with Crippen molar-refractivity contribution in [2.24, 2.45) is 0 Å². The molecule has 0 saturated carbocycles. The van der Waals surface area contributed by atoms with Crippen molar-refractivity contribution in [2.45, 2.75) is 45.1 Å². The Bertz CT molecular complexity index is 768. The quantitative estimate of drug-likeness (QED) is 0.828. The lowest BCUT2D eigenvalue weighted by Gasteiger charge is -2.14. The monoisotopic (exact) mass is 332 g/mol. The van der Waals surface area contributed by atoms with Crippen LogP contribution in [-0.4, -0.2) is 14.5 Å². The molecule has 0 saturated heterocycles. The maximum absolute atomic E-state index is 12.5. The lowest BCUT2D eigenvalue weighted by molar-refractivity contribution is 0.600. The van der Waals surface area contributed by atoms with Gasteiger partial charge in [0.25, 0.3) is 10.0 Å². The molecule has 0 fully saturated rings. The van der Waals surface area contributed by atoms with Gasteiger partial charge in [-0.3, -0.25) is 4.72 Å². The number of benzene rings is 2. The van der Waals surface area contributed by atoms with Crippen molar-refractivity contribution in [2.75, 3.05) is 10.0 Å². The number of nitrogens with one attached hydrogen (secondary N) is 2. The van der Waals surface area contributed by atoms with Gasteiger partial charge in [-0.2, -0.15) is 0 Å². The summed E-state index contributed by atoms with van der Waals surface area (Å²) in [6, 6.07) is 13.0. The number of rotatable bonds is 6. The second kappa shape index (κ2) is 7.04. The highest BCUT2D eigenvalue weighted by Gasteiger charge is 2.16. The minimum absolute atomic E-state index is 0.310. The third-order valence-corrected chi connectivity index (χ3v) is 5.32. The van der Waals surface area contributed by atoms with Gasteiger partial charge in [0.1, 0.15) is 0 Å². The molecule has 0 aromatic heterocycles. The van der Waals surface area contributed by atoms with Gasteiger partial charge in [0, 0.05) is 17.4 Å². The summed E-state index contributed by atoms with van der Waals surface area (Å²) in [5, 5.41) is 3.35. The molecule has 0 aliphatic rings. The second-order valence-electron chi connectivity index (χ2n) is 5.91. The van der Waals surface area contributed by atoms with Gasteiger partial charge in [-0.05, 0) is 63.1 Å². The van der Waals surface area contributed by atoms with Gasteiger partial charge >= 0.3 is 0 Å². The molecule has 124 valence electrons. The average Bonchev–Trinajstić information content (AvgIpc) is 2.48. The summed E-state index contributed by atoms with van der Waals surface area (Å²) < 4.78 is 27.7. The molecule has 2 N–H and O–H groups in total. The molecule has 0 heterocycles. The van der Waals surface area contributed by atoms with E-state index in [1.165, 1.54) is 0 Å². The molecule has 4 nitrogen and oxygen atoms in total. The third-order valence-electron chi connectivity index (χ3n) is 3.78. The summed E-state index contributed by atoms with van der Waals surface area (Å²) in [4.78, 5) is 0.310. The van der Waals surface area contributed by atoms with Crippen LogP contribution in [0.25, 0.3) is 0 Å². The molecule has 2 aromatic carbocycles. The van der Waals surface area contributed by atoms with Crippen LogP contribution in [0.2, 0.25) is 0 Å². The maximum atomic E-state index is 12.5. The topological polar surface area (TPSA) is 58.2 Å². The van der Waals surface area contributed by atoms with E-state index < -0.39 is 10.0 Å². The van der Waals surface area contributed by atoms with E-state index in [0.29, 0.717) is 16.6 Å². The maximum Gasteiger partial charge on any atom is 0.262 e. The zero-order valence-electron chi connectivity index (χ0n) is 14.1. The van der Waals surface area contributed by atoms with Crippen LogP contribution in [0.5, 0.6) is 0 Å². The van der Waals surface area contributed by atoms with Gasteiger partial charge in [-0.25, -0.2) is 8.42 Å². The normalized spacial score (nSPS) is 12.7. The Kier molecular flexibility index (Phi) is 5.31. The Balaban J connectivity index is 2.17. The van der Waals surface area contributed by atoms with Gasteiger partial charge in [0.2, 0.25) is 0 Å². The van der Waals surface area contributed by atoms with Crippen molar-refractivity contribution < 1.29 is 8.42 Å². The molecule has 1 unspecified atom stereocenters. The first-order chi connectivity index (χ1) is 10.8. The fraction of sp³-hybridized carbons (Fsp3) is 0.333. The summed E-state index contributed by atoms with van der Waals surface area (Å²) in [5.41, 5.74) is 3.32. The molecular weight excluding hydrogens is 308 g/mol. The number of aryl methyl sites for hydroxylation is 2. The third kappa shape index (κ3) is 4.48. The summed E-state index contributed by atoms with van der Waals surface area (Å²) >= 11 is 0. The van der Waals surface area contributed by atoms with Crippen molar-refractivity contribution >= 4 is 21.4 Å². The first kappa shape index (κ1) is 17.3. The van der Waals surface area contributed by atoms with Gasteiger partial charge in [0.15, 0.2) is 0 Å². The molecule has 0 radical (unpaired) electrons. The summed E-state index contributed by atoms with van der Waals surface area (Å²) in [7, 11) is -3.57. The van der Waals surface area contributed by atoms with E-state index in [-0.39, 0.29) is 0 Å². The van der Waals surface area contributed by atoms with E-state index in [1.54, 1.807) is 31.2 Å². The van der Waals surface area contributed by atoms with Crippen LogP contribution in [0.3, 0.4) is 0 Å². The average molecular weight is 332 g/mol. The number of hydrogen-bond acceptors (Lipinski definition) is 3. The summed E-state index contributed by atoms with van der Waals surface area (Å²) in [6.45, 7) is 7.97. The zero-order chi connectivity index (χ0) is 17.0. The Morgan fingerprint density at radius 3 is 2.17 bits per heavy atom. The van der Waals surface area contributed by atoms with Crippen LogP contribution in [0.15, 0.2) is 47.4 Å². The van der Waals surface area contributed by atoms with E-state index in [2.05, 4.69) is 23.9 Å². The molecule has 0 amide bonds. The molecular formula is C18H24N2O2S. The van der Waals surface area contributed by atoms with Crippen molar-refractivity contribution in [1.82, 2.24) is 0 Å². The molecule has 2 aromatic rings. The SMILES string of the molecule is CCC(C)Nc1ccc(NS(=O)(=O)c2ccc(C)cc2C)cc1. The first-order valence-corrected chi connectivity index (χ1v) is 9.27. The van der Waals surface area contributed by atoms with E-state index in [0.717, 1.165) is 23.2 Å². The molecule has 1 atom stereocenters. The molecule has 0 spiro atoms. The Morgan fingerprint density at radius 1 is 1.00 bits per heavy atom. The van der Waals surface area contributed by atoms with Crippen LogP contribution in [-0.2, 0) is 10.0 Å². The second-order valence-corrected chi connectivity index (χ2v) is 7.56. The predicted octanol–water partition coefficient (Wildman–Crippen LogP) is 4.31. The van der Waals surface area contributed by atoms with Crippen LogP contribution in [0.1, 0.15) is 31.4 Å². The molecule has 2 rings (SSSR count). The minimum atomic E-state index is -3.57. The molecule has 0 aliphatic carbocycles. The van der Waals surface area contributed by atoms with Crippen LogP contribution < -0.4 is 10.0 Å². The van der Waals surface area contributed by atoms with E-state index >= 15 is 0 Å². The van der Waals surface area contributed by atoms with Gasteiger partial charge < -0.3 is 5.32 Å². The predicted molar refractivity (Wildman–Crippen MR) is 96.5 cm³/mol. The Morgan fingerprint density at radius 2 is 1.61 bits per heavy atom. The molecule has 23 heavy (non-hydrogen) atoms. The van der Waals surface area contributed by atoms with Crippen molar-refractivity contribution in [3.8, 4) is 0 Å². The van der Waals surface area contributed by atoms with Crippen LogP contribution in [0.4, 0.5) is 11.4 Å².